The van der Waals surface area contributed by atoms with Gasteiger partial charge in [0.2, 0.25) is 0 Å². The molecule has 0 spiro atoms. The monoisotopic (exact) mass is 506 g/mol. The van der Waals surface area contributed by atoms with Crippen LogP contribution in [-0.2, 0) is 26.0 Å². The number of sulfone groups is 1. The molecular weight excluding hydrogens is 490 g/mol. The Hall–Kier alpha value is -2.96. The number of halogens is 3. The number of nitrogens with one attached hydrogen (secondary N) is 1. The normalized spacial score (nSPS) is 13.1. The van der Waals surface area contributed by atoms with Gasteiger partial charge in [0.1, 0.15) is 11.9 Å². The van der Waals surface area contributed by atoms with E-state index in [1.165, 1.54) is 54.6 Å². The highest BCUT2D eigenvalue weighted by Crippen LogP contribution is 2.29. The zero-order valence-corrected chi connectivity index (χ0v) is 19.3. The second-order valence-electron chi connectivity index (χ2n) is 7.29. The van der Waals surface area contributed by atoms with Gasteiger partial charge in [-0.2, -0.15) is 5.26 Å². The first-order valence-corrected chi connectivity index (χ1v) is 12.0. The molecule has 1 atom stereocenters. The van der Waals surface area contributed by atoms with Crippen molar-refractivity contribution in [3.05, 3.63) is 99.3 Å². The maximum absolute atomic E-state index is 13.2. The van der Waals surface area contributed by atoms with Crippen molar-refractivity contribution in [3.8, 4) is 6.07 Å². The van der Waals surface area contributed by atoms with Gasteiger partial charge in [0, 0.05) is 10.7 Å². The van der Waals surface area contributed by atoms with Crippen LogP contribution in [-0.4, -0.2) is 25.2 Å². The SMILES string of the molecule is N#Cc1ccc(NC(=O)C(O)(CS(=O)(=O)Cc2ccc(F)cc2)c2ccc(Cl)cc2)cc1Cl. The number of anilines is 1. The molecule has 170 valence electrons. The van der Waals surface area contributed by atoms with Crippen LogP contribution in [0.15, 0.2) is 66.7 Å². The molecule has 3 aromatic carbocycles. The van der Waals surface area contributed by atoms with E-state index in [-0.39, 0.29) is 21.8 Å². The Bertz CT molecular complexity index is 1320. The third kappa shape index (κ3) is 6.09. The highest BCUT2D eigenvalue weighted by molar-refractivity contribution is 7.90. The maximum atomic E-state index is 13.2. The van der Waals surface area contributed by atoms with Gasteiger partial charge in [0.05, 0.1) is 22.1 Å². The first-order chi connectivity index (χ1) is 15.5. The van der Waals surface area contributed by atoms with Crippen molar-refractivity contribution in [1.29, 1.82) is 5.26 Å². The van der Waals surface area contributed by atoms with Crippen LogP contribution in [0.2, 0.25) is 10.0 Å². The maximum Gasteiger partial charge on any atom is 0.262 e. The van der Waals surface area contributed by atoms with Crippen molar-refractivity contribution in [2.75, 3.05) is 11.1 Å². The molecule has 10 heteroatoms. The van der Waals surface area contributed by atoms with Crippen molar-refractivity contribution < 1.29 is 22.7 Å². The lowest BCUT2D eigenvalue weighted by Gasteiger charge is -2.27. The molecule has 0 bridgehead atoms. The summed E-state index contributed by atoms with van der Waals surface area (Å²) in [5, 5.41) is 23.2. The molecule has 2 N–H and O–H groups in total. The van der Waals surface area contributed by atoms with Gasteiger partial charge >= 0.3 is 0 Å². The molecule has 0 aliphatic heterocycles. The van der Waals surface area contributed by atoms with Crippen LogP contribution in [0.3, 0.4) is 0 Å². The van der Waals surface area contributed by atoms with Crippen LogP contribution >= 0.6 is 23.2 Å². The van der Waals surface area contributed by atoms with Crippen molar-refractivity contribution in [2.45, 2.75) is 11.4 Å². The Morgan fingerprint density at radius 2 is 1.70 bits per heavy atom. The van der Waals surface area contributed by atoms with E-state index in [0.717, 1.165) is 12.1 Å². The number of nitriles is 1. The molecule has 0 radical (unpaired) electrons. The first kappa shape index (κ1) is 24.7. The Morgan fingerprint density at radius 3 is 2.27 bits per heavy atom. The average molecular weight is 507 g/mol. The highest BCUT2D eigenvalue weighted by Gasteiger charge is 2.42. The highest BCUT2D eigenvalue weighted by atomic mass is 35.5. The summed E-state index contributed by atoms with van der Waals surface area (Å²) in [6, 6.07) is 16.4. The van der Waals surface area contributed by atoms with E-state index in [1.54, 1.807) is 0 Å². The van der Waals surface area contributed by atoms with Crippen molar-refractivity contribution >= 4 is 44.6 Å². The van der Waals surface area contributed by atoms with E-state index in [4.69, 9.17) is 28.5 Å². The molecule has 0 fully saturated rings. The Labute approximate surface area is 200 Å². The van der Waals surface area contributed by atoms with E-state index in [0.29, 0.717) is 10.6 Å². The number of carbonyl (C=O) groups excluding carboxylic acids is 1. The molecule has 33 heavy (non-hydrogen) atoms. The zero-order valence-electron chi connectivity index (χ0n) is 16.9. The Balaban J connectivity index is 1.94. The minimum atomic E-state index is -4.05. The van der Waals surface area contributed by atoms with Gasteiger partial charge in [-0.15, -0.1) is 0 Å². The van der Waals surface area contributed by atoms with Gasteiger partial charge in [-0.05, 0) is 53.6 Å². The molecule has 1 amide bonds. The standard InChI is InChI=1S/C23H17Cl2FN2O4S/c24-18-6-4-17(5-7-18)23(30,14-33(31,32)13-15-1-8-19(26)9-2-15)22(29)28-20-10-3-16(12-27)21(25)11-20/h1-11,30H,13-14H2,(H,28,29). The van der Waals surface area contributed by atoms with Crippen LogP contribution in [0.4, 0.5) is 10.1 Å². The van der Waals surface area contributed by atoms with Crippen LogP contribution in [0, 0.1) is 17.1 Å². The first-order valence-electron chi connectivity index (χ1n) is 9.47. The van der Waals surface area contributed by atoms with Crippen LogP contribution in [0.5, 0.6) is 0 Å². The lowest BCUT2D eigenvalue weighted by Crippen LogP contribution is -2.46. The van der Waals surface area contributed by atoms with Crippen molar-refractivity contribution in [2.24, 2.45) is 0 Å². The van der Waals surface area contributed by atoms with Crippen LogP contribution < -0.4 is 5.32 Å². The number of hydrogen-bond donors (Lipinski definition) is 2. The molecule has 0 aromatic heterocycles. The second kappa shape index (κ2) is 9.89. The Kier molecular flexibility index (Phi) is 7.40. The summed E-state index contributed by atoms with van der Waals surface area (Å²) in [7, 11) is -4.05. The van der Waals surface area contributed by atoms with Crippen molar-refractivity contribution in [1.82, 2.24) is 0 Å². The largest absolute Gasteiger partial charge is 0.374 e. The predicted octanol–water partition coefficient (Wildman–Crippen LogP) is 4.45. The molecule has 0 heterocycles. The second-order valence-corrected chi connectivity index (χ2v) is 10.2. The summed E-state index contributed by atoms with van der Waals surface area (Å²) in [5.41, 5.74) is -1.83. The van der Waals surface area contributed by atoms with Gasteiger partial charge in [-0.1, -0.05) is 47.5 Å². The van der Waals surface area contributed by atoms with E-state index < -0.39 is 38.7 Å². The number of nitrogens with zero attached hydrogens (tertiary/aromatic N) is 1. The molecule has 0 aliphatic rings. The molecule has 6 nitrogen and oxygen atoms in total. The molecule has 0 aliphatic carbocycles. The quantitative estimate of drug-likeness (QED) is 0.492. The minimum Gasteiger partial charge on any atom is -0.374 e. The third-order valence-electron chi connectivity index (χ3n) is 4.77. The van der Waals surface area contributed by atoms with E-state index in [2.05, 4.69) is 5.32 Å². The van der Waals surface area contributed by atoms with E-state index in [1.807, 2.05) is 6.07 Å². The van der Waals surface area contributed by atoms with Gasteiger partial charge in [-0.25, -0.2) is 12.8 Å². The fourth-order valence-corrected chi connectivity index (χ4v) is 5.21. The Morgan fingerprint density at radius 1 is 1.06 bits per heavy atom. The molecular formula is C23H17Cl2FN2O4S. The fraction of sp³-hybridized carbons (Fsp3) is 0.130. The number of benzene rings is 3. The van der Waals surface area contributed by atoms with E-state index >= 15 is 0 Å². The van der Waals surface area contributed by atoms with Crippen LogP contribution in [0.25, 0.3) is 0 Å². The van der Waals surface area contributed by atoms with E-state index in [9.17, 15) is 22.7 Å². The molecule has 0 saturated carbocycles. The summed E-state index contributed by atoms with van der Waals surface area (Å²) < 4.78 is 39.0. The van der Waals surface area contributed by atoms with Gasteiger partial charge in [0.15, 0.2) is 15.4 Å². The number of rotatable bonds is 7. The summed E-state index contributed by atoms with van der Waals surface area (Å²) >= 11 is 11.9. The lowest BCUT2D eigenvalue weighted by molar-refractivity contribution is -0.132. The smallest absolute Gasteiger partial charge is 0.262 e. The third-order valence-corrected chi connectivity index (χ3v) is 6.97. The van der Waals surface area contributed by atoms with Gasteiger partial charge < -0.3 is 10.4 Å². The zero-order chi connectivity index (χ0) is 24.2. The van der Waals surface area contributed by atoms with Crippen molar-refractivity contribution in [3.63, 3.8) is 0 Å². The lowest BCUT2D eigenvalue weighted by atomic mass is 9.94. The predicted molar refractivity (Wildman–Crippen MR) is 124 cm³/mol. The van der Waals surface area contributed by atoms with Crippen LogP contribution in [0.1, 0.15) is 16.7 Å². The molecule has 0 saturated heterocycles. The number of aliphatic hydroxyl groups is 1. The average Bonchev–Trinajstić information content (AvgIpc) is 2.75. The summed E-state index contributed by atoms with van der Waals surface area (Å²) in [5.74, 6) is -3.00. The number of hydrogen-bond acceptors (Lipinski definition) is 5. The molecule has 3 aromatic rings. The summed E-state index contributed by atoms with van der Waals surface area (Å²) in [4.78, 5) is 13.1. The van der Waals surface area contributed by atoms with Gasteiger partial charge in [-0.3, -0.25) is 4.79 Å². The topological polar surface area (TPSA) is 107 Å². The van der Waals surface area contributed by atoms with Gasteiger partial charge in [0.25, 0.3) is 5.91 Å². The number of amides is 1. The number of carbonyl (C=O) groups is 1. The molecule has 3 rings (SSSR count). The molecule has 1 unspecified atom stereocenters. The summed E-state index contributed by atoms with van der Waals surface area (Å²) in [6.07, 6.45) is 0. The minimum absolute atomic E-state index is 0.00632. The fourth-order valence-electron chi connectivity index (χ4n) is 3.13. The summed E-state index contributed by atoms with van der Waals surface area (Å²) in [6.45, 7) is 0.